The number of anilines is 2. The van der Waals surface area contributed by atoms with E-state index in [0.29, 0.717) is 22.3 Å². The predicted octanol–water partition coefficient (Wildman–Crippen LogP) is 3.29. The Labute approximate surface area is 114 Å². The fourth-order valence-electron chi connectivity index (χ4n) is 1.48. The van der Waals surface area contributed by atoms with Crippen LogP contribution in [-0.4, -0.2) is 18.3 Å². The van der Waals surface area contributed by atoms with Gasteiger partial charge in [-0.2, -0.15) is 0 Å². The molecular weight excluding hydrogens is 270 g/mol. The average molecular weight is 282 g/mol. The van der Waals surface area contributed by atoms with E-state index in [9.17, 15) is 4.79 Å². The van der Waals surface area contributed by atoms with E-state index in [1.807, 2.05) is 6.92 Å². The van der Waals surface area contributed by atoms with Crippen LogP contribution in [0.2, 0.25) is 5.02 Å². The van der Waals surface area contributed by atoms with Crippen LogP contribution in [0.5, 0.6) is 5.75 Å². The molecule has 2 rings (SSSR count). The molecule has 2 N–H and O–H groups in total. The summed E-state index contributed by atoms with van der Waals surface area (Å²) in [6.07, 6.45) is 1.36. The van der Waals surface area contributed by atoms with Crippen molar-refractivity contribution in [3.05, 3.63) is 35.0 Å². The first-order valence-electron chi connectivity index (χ1n) is 5.42. The summed E-state index contributed by atoms with van der Waals surface area (Å²) in [5, 5.41) is 9.31. The maximum absolute atomic E-state index is 11.8. The van der Waals surface area contributed by atoms with E-state index in [0.717, 1.165) is 5.56 Å². The first-order chi connectivity index (χ1) is 9.10. The van der Waals surface area contributed by atoms with E-state index >= 15 is 0 Å². The van der Waals surface area contributed by atoms with Crippen LogP contribution in [0.1, 0.15) is 5.56 Å². The van der Waals surface area contributed by atoms with Gasteiger partial charge in [0.1, 0.15) is 12.0 Å². The van der Waals surface area contributed by atoms with Crippen LogP contribution in [0.15, 0.2) is 29.0 Å². The largest absolute Gasteiger partial charge is 0.495 e. The third-order valence-electron chi connectivity index (χ3n) is 2.41. The van der Waals surface area contributed by atoms with Crippen LogP contribution < -0.4 is 15.4 Å². The molecule has 0 fully saturated rings. The molecule has 6 nitrogen and oxygen atoms in total. The van der Waals surface area contributed by atoms with Gasteiger partial charge in [0, 0.05) is 17.2 Å². The van der Waals surface area contributed by atoms with Gasteiger partial charge >= 0.3 is 6.03 Å². The molecule has 0 aliphatic heterocycles. The van der Waals surface area contributed by atoms with Crippen LogP contribution in [0.4, 0.5) is 16.3 Å². The number of hydrogen-bond acceptors (Lipinski definition) is 4. The molecule has 1 heterocycles. The Morgan fingerprint density at radius 2 is 2.21 bits per heavy atom. The molecule has 1 aromatic carbocycles. The summed E-state index contributed by atoms with van der Waals surface area (Å²) in [5.41, 5.74) is 1.35. The van der Waals surface area contributed by atoms with Gasteiger partial charge in [0.05, 0.1) is 12.8 Å². The Bertz CT molecular complexity index is 584. The topological polar surface area (TPSA) is 76.4 Å². The van der Waals surface area contributed by atoms with Gasteiger partial charge in [0.15, 0.2) is 5.82 Å². The van der Waals surface area contributed by atoms with E-state index < -0.39 is 6.03 Å². The lowest BCUT2D eigenvalue weighted by molar-refractivity contribution is 0.261. The monoisotopic (exact) mass is 281 g/mol. The van der Waals surface area contributed by atoms with E-state index in [2.05, 4.69) is 20.3 Å². The highest BCUT2D eigenvalue weighted by Crippen LogP contribution is 2.30. The number of methoxy groups -OCH3 is 1. The summed E-state index contributed by atoms with van der Waals surface area (Å²) in [5.74, 6) is 0.799. The second-order valence-corrected chi connectivity index (χ2v) is 4.17. The molecule has 0 bridgehead atoms. The van der Waals surface area contributed by atoms with Gasteiger partial charge in [-0.15, -0.1) is 0 Å². The second-order valence-electron chi connectivity index (χ2n) is 3.77. The maximum atomic E-state index is 11.8. The Balaban J connectivity index is 2.14. The molecule has 0 saturated carbocycles. The normalized spacial score (nSPS) is 10.1. The minimum absolute atomic E-state index is 0.321. The van der Waals surface area contributed by atoms with E-state index in [-0.39, 0.29) is 0 Å². The lowest BCUT2D eigenvalue weighted by Crippen LogP contribution is -2.20. The first-order valence-corrected chi connectivity index (χ1v) is 5.80. The van der Waals surface area contributed by atoms with E-state index in [1.165, 1.54) is 19.4 Å². The van der Waals surface area contributed by atoms with Crippen molar-refractivity contribution < 1.29 is 14.1 Å². The van der Waals surface area contributed by atoms with Gasteiger partial charge in [-0.05, 0) is 18.6 Å². The number of rotatable bonds is 3. The Hall–Kier alpha value is -2.21. The zero-order chi connectivity index (χ0) is 13.8. The van der Waals surface area contributed by atoms with Gasteiger partial charge < -0.3 is 14.6 Å². The summed E-state index contributed by atoms with van der Waals surface area (Å²) in [6.45, 7) is 1.84. The summed E-state index contributed by atoms with van der Waals surface area (Å²) in [4.78, 5) is 11.8. The number of ether oxygens (including phenoxy) is 1. The molecule has 2 amide bonds. The predicted molar refractivity (Wildman–Crippen MR) is 71.9 cm³/mol. The number of hydrogen-bond donors (Lipinski definition) is 2. The Kier molecular flexibility index (Phi) is 3.91. The van der Waals surface area contributed by atoms with Crippen molar-refractivity contribution in [1.82, 2.24) is 5.16 Å². The molecule has 0 radical (unpaired) electrons. The van der Waals surface area contributed by atoms with Crippen molar-refractivity contribution in [3.8, 4) is 5.75 Å². The van der Waals surface area contributed by atoms with Gasteiger partial charge in [-0.25, -0.2) is 4.79 Å². The SMILES string of the molecule is COc1cc(Cl)c(C)cc1NC(=O)Nc1ccon1. The smallest absolute Gasteiger partial charge is 0.325 e. The molecule has 100 valence electrons. The minimum Gasteiger partial charge on any atom is -0.495 e. The molecule has 0 saturated heterocycles. The molecule has 0 aliphatic rings. The van der Waals surface area contributed by atoms with E-state index in [1.54, 1.807) is 12.1 Å². The molecule has 0 spiro atoms. The minimum atomic E-state index is -0.450. The number of amides is 2. The number of benzene rings is 1. The van der Waals surface area contributed by atoms with Crippen molar-refractivity contribution in [3.63, 3.8) is 0 Å². The highest BCUT2D eigenvalue weighted by Gasteiger charge is 2.11. The van der Waals surface area contributed by atoms with Crippen LogP contribution in [0.25, 0.3) is 0 Å². The van der Waals surface area contributed by atoms with Gasteiger partial charge in [-0.3, -0.25) is 5.32 Å². The maximum Gasteiger partial charge on any atom is 0.325 e. The average Bonchev–Trinajstić information content (AvgIpc) is 2.86. The third-order valence-corrected chi connectivity index (χ3v) is 2.82. The molecule has 7 heteroatoms. The van der Waals surface area contributed by atoms with Gasteiger partial charge in [0.25, 0.3) is 0 Å². The molecule has 19 heavy (non-hydrogen) atoms. The molecule has 0 aliphatic carbocycles. The molecule has 0 atom stereocenters. The summed E-state index contributed by atoms with van der Waals surface area (Å²) in [6, 6.07) is 4.45. The number of halogens is 1. The van der Waals surface area contributed by atoms with Gasteiger partial charge in [-0.1, -0.05) is 16.8 Å². The number of aromatic nitrogens is 1. The van der Waals surface area contributed by atoms with Crippen molar-refractivity contribution >= 4 is 29.1 Å². The quantitative estimate of drug-likeness (QED) is 0.905. The number of carbonyl (C=O) groups is 1. The summed E-state index contributed by atoms with van der Waals surface area (Å²) in [7, 11) is 1.50. The number of nitrogens with zero attached hydrogens (tertiary/aromatic N) is 1. The number of urea groups is 1. The molecular formula is C12H12ClN3O3. The summed E-state index contributed by atoms with van der Waals surface area (Å²) < 4.78 is 9.77. The van der Waals surface area contributed by atoms with Crippen molar-refractivity contribution in [2.75, 3.05) is 17.7 Å². The fraction of sp³-hybridized carbons (Fsp3) is 0.167. The lowest BCUT2D eigenvalue weighted by Gasteiger charge is -2.12. The van der Waals surface area contributed by atoms with Crippen LogP contribution in [0, 0.1) is 6.92 Å². The van der Waals surface area contributed by atoms with Crippen LogP contribution >= 0.6 is 11.6 Å². The van der Waals surface area contributed by atoms with Crippen LogP contribution in [-0.2, 0) is 0 Å². The Morgan fingerprint density at radius 1 is 1.42 bits per heavy atom. The zero-order valence-electron chi connectivity index (χ0n) is 10.4. The number of aryl methyl sites for hydroxylation is 1. The van der Waals surface area contributed by atoms with Crippen molar-refractivity contribution in [2.24, 2.45) is 0 Å². The first kappa shape index (κ1) is 13.2. The highest BCUT2D eigenvalue weighted by molar-refractivity contribution is 6.31. The lowest BCUT2D eigenvalue weighted by atomic mass is 10.2. The second kappa shape index (κ2) is 5.62. The van der Waals surface area contributed by atoms with Gasteiger partial charge in [0.2, 0.25) is 0 Å². The Morgan fingerprint density at radius 3 is 2.84 bits per heavy atom. The van der Waals surface area contributed by atoms with E-state index in [4.69, 9.17) is 16.3 Å². The van der Waals surface area contributed by atoms with Crippen molar-refractivity contribution in [2.45, 2.75) is 6.92 Å². The van der Waals surface area contributed by atoms with Crippen LogP contribution in [0.3, 0.4) is 0 Å². The van der Waals surface area contributed by atoms with Crippen molar-refractivity contribution in [1.29, 1.82) is 0 Å². The number of nitrogens with one attached hydrogen (secondary N) is 2. The molecule has 2 aromatic rings. The highest BCUT2D eigenvalue weighted by atomic mass is 35.5. The number of carbonyl (C=O) groups excluding carboxylic acids is 1. The standard InChI is InChI=1S/C12H12ClN3O3/c1-7-5-9(10(18-2)6-8(7)13)14-12(17)15-11-3-4-19-16-11/h3-6H,1-2H3,(H2,14,15,16,17). The zero-order valence-corrected chi connectivity index (χ0v) is 11.1. The summed E-state index contributed by atoms with van der Waals surface area (Å²) >= 11 is 5.99. The molecule has 0 unspecified atom stereocenters. The molecule has 1 aromatic heterocycles. The fourth-order valence-corrected chi connectivity index (χ4v) is 1.63. The third kappa shape index (κ3) is 3.17.